The van der Waals surface area contributed by atoms with Gasteiger partial charge in [-0.3, -0.25) is 4.79 Å². The highest BCUT2D eigenvalue weighted by Crippen LogP contribution is 2.32. The first-order valence-corrected chi connectivity index (χ1v) is 7.39. The third-order valence-corrected chi connectivity index (χ3v) is 4.13. The number of hydrogen-bond donors (Lipinski definition) is 1. The van der Waals surface area contributed by atoms with Crippen molar-refractivity contribution in [2.45, 2.75) is 18.9 Å². The van der Waals surface area contributed by atoms with Crippen molar-refractivity contribution in [2.75, 3.05) is 0 Å². The van der Waals surface area contributed by atoms with E-state index in [1.807, 2.05) is 18.2 Å². The first-order valence-electron chi connectivity index (χ1n) is 7.02. The third kappa shape index (κ3) is 2.88. The Morgan fingerprint density at radius 2 is 2.04 bits per heavy atom. The summed E-state index contributed by atoms with van der Waals surface area (Å²) in [5.74, 6) is -0.373. The molecule has 0 aliphatic heterocycles. The van der Waals surface area contributed by atoms with Crippen molar-refractivity contribution in [3.8, 4) is 12.1 Å². The number of amides is 1. The number of aryl methyl sites for hydroxylation is 1. The maximum atomic E-state index is 12.4. The molecule has 1 aliphatic rings. The number of fused-ring (bicyclic) bond motifs is 1. The van der Waals surface area contributed by atoms with Crippen molar-refractivity contribution < 1.29 is 4.79 Å². The number of hydrogen-bond acceptors (Lipinski definition) is 4. The Bertz CT molecular complexity index is 879. The minimum absolute atomic E-state index is 0.104. The van der Waals surface area contributed by atoms with Gasteiger partial charge >= 0.3 is 0 Å². The van der Waals surface area contributed by atoms with Crippen LogP contribution in [0.5, 0.6) is 0 Å². The van der Waals surface area contributed by atoms with Gasteiger partial charge in [0.1, 0.15) is 11.8 Å². The lowest BCUT2D eigenvalue weighted by Crippen LogP contribution is -2.28. The molecule has 0 fully saturated rings. The van der Waals surface area contributed by atoms with E-state index >= 15 is 0 Å². The number of nitrogens with zero attached hydrogens (tertiary/aromatic N) is 3. The monoisotopic (exact) mass is 322 g/mol. The van der Waals surface area contributed by atoms with Gasteiger partial charge in [-0.05, 0) is 42.2 Å². The van der Waals surface area contributed by atoms with Crippen LogP contribution in [0.25, 0.3) is 0 Å². The standard InChI is InChI=1S/C17H11ClN4O/c18-14-6-11(8-20)9-21-16(14)17(23)22-15-4-2-12-5-10(7-19)1-3-13(12)15/h1,3,5-6,9,15H,2,4H2,(H,22,23)/t15-/m1/s1. The zero-order valence-electron chi connectivity index (χ0n) is 12.0. The molecule has 1 amide bonds. The fourth-order valence-electron chi connectivity index (χ4n) is 2.73. The Balaban J connectivity index is 1.81. The highest BCUT2D eigenvalue weighted by atomic mass is 35.5. The molecule has 1 aromatic heterocycles. The molecule has 112 valence electrons. The van der Waals surface area contributed by atoms with Gasteiger partial charge in [0.25, 0.3) is 5.91 Å². The zero-order chi connectivity index (χ0) is 16.4. The van der Waals surface area contributed by atoms with Crippen LogP contribution in [-0.4, -0.2) is 10.9 Å². The molecule has 5 nitrogen and oxygen atoms in total. The second-order valence-corrected chi connectivity index (χ2v) is 5.66. The van der Waals surface area contributed by atoms with Crippen LogP contribution < -0.4 is 5.32 Å². The summed E-state index contributed by atoms with van der Waals surface area (Å²) in [7, 11) is 0. The third-order valence-electron chi connectivity index (χ3n) is 3.84. The smallest absolute Gasteiger partial charge is 0.271 e. The van der Waals surface area contributed by atoms with Gasteiger partial charge in [-0.1, -0.05) is 17.7 Å². The number of aromatic nitrogens is 1. The lowest BCUT2D eigenvalue weighted by Gasteiger charge is -2.14. The van der Waals surface area contributed by atoms with E-state index in [9.17, 15) is 4.79 Å². The molecule has 0 saturated carbocycles. The Kier molecular flexibility index (Phi) is 3.97. The lowest BCUT2D eigenvalue weighted by atomic mass is 10.1. The fraction of sp³-hybridized carbons (Fsp3) is 0.176. The second-order valence-electron chi connectivity index (χ2n) is 5.26. The molecule has 0 bridgehead atoms. The normalized spacial score (nSPS) is 15.3. The van der Waals surface area contributed by atoms with Crippen molar-refractivity contribution in [1.82, 2.24) is 10.3 Å². The zero-order valence-corrected chi connectivity index (χ0v) is 12.8. The van der Waals surface area contributed by atoms with Gasteiger partial charge in [0.2, 0.25) is 0 Å². The molecular weight excluding hydrogens is 312 g/mol. The molecule has 1 N–H and O–H groups in total. The van der Waals surface area contributed by atoms with Crippen molar-refractivity contribution >= 4 is 17.5 Å². The van der Waals surface area contributed by atoms with Crippen molar-refractivity contribution in [1.29, 1.82) is 10.5 Å². The van der Waals surface area contributed by atoms with E-state index < -0.39 is 0 Å². The molecule has 1 aliphatic carbocycles. The summed E-state index contributed by atoms with van der Waals surface area (Å²) in [5.41, 5.74) is 3.12. The highest BCUT2D eigenvalue weighted by molar-refractivity contribution is 6.33. The van der Waals surface area contributed by atoms with Gasteiger partial charge in [-0.15, -0.1) is 0 Å². The van der Waals surface area contributed by atoms with E-state index in [2.05, 4.69) is 16.4 Å². The number of carbonyl (C=O) groups is 1. The molecular formula is C17H11ClN4O. The van der Waals surface area contributed by atoms with Gasteiger partial charge in [0.15, 0.2) is 0 Å². The van der Waals surface area contributed by atoms with Crippen LogP contribution in [0.2, 0.25) is 5.02 Å². The van der Waals surface area contributed by atoms with Crippen LogP contribution in [0, 0.1) is 22.7 Å². The van der Waals surface area contributed by atoms with E-state index in [1.165, 1.54) is 12.3 Å². The van der Waals surface area contributed by atoms with Crippen molar-refractivity contribution in [3.63, 3.8) is 0 Å². The average Bonchev–Trinajstić information content (AvgIpc) is 2.96. The molecule has 0 saturated heterocycles. The van der Waals surface area contributed by atoms with Gasteiger partial charge in [0, 0.05) is 6.20 Å². The molecule has 1 heterocycles. The average molecular weight is 323 g/mol. The lowest BCUT2D eigenvalue weighted by molar-refractivity contribution is 0.0932. The van der Waals surface area contributed by atoms with E-state index in [-0.39, 0.29) is 22.7 Å². The van der Waals surface area contributed by atoms with Crippen LogP contribution in [0.1, 0.15) is 45.2 Å². The summed E-state index contributed by atoms with van der Waals surface area (Å²) in [4.78, 5) is 16.3. The number of pyridine rings is 1. The summed E-state index contributed by atoms with van der Waals surface area (Å²) >= 11 is 6.02. The summed E-state index contributed by atoms with van der Waals surface area (Å²) < 4.78 is 0. The van der Waals surface area contributed by atoms with Crippen LogP contribution in [0.4, 0.5) is 0 Å². The molecule has 1 atom stereocenters. The first kappa shape index (κ1) is 15.0. The maximum absolute atomic E-state index is 12.4. The van der Waals surface area contributed by atoms with Crippen LogP contribution in [0.3, 0.4) is 0 Å². The maximum Gasteiger partial charge on any atom is 0.271 e. The molecule has 23 heavy (non-hydrogen) atoms. The highest BCUT2D eigenvalue weighted by Gasteiger charge is 2.25. The molecule has 1 aromatic carbocycles. The molecule has 0 unspecified atom stereocenters. The Labute approximate surface area is 138 Å². The van der Waals surface area contributed by atoms with E-state index in [4.69, 9.17) is 22.1 Å². The number of carbonyl (C=O) groups excluding carboxylic acids is 1. The molecule has 2 aromatic rings. The largest absolute Gasteiger partial charge is 0.344 e. The summed E-state index contributed by atoms with van der Waals surface area (Å²) in [6, 6.07) is 10.8. The van der Waals surface area contributed by atoms with Gasteiger partial charge in [-0.2, -0.15) is 10.5 Å². The van der Waals surface area contributed by atoms with Gasteiger partial charge in [0.05, 0.1) is 28.3 Å². The number of nitriles is 2. The predicted octanol–water partition coefficient (Wildman–Crippen LogP) is 2.90. The Morgan fingerprint density at radius 3 is 2.74 bits per heavy atom. The molecule has 3 rings (SSSR count). The van der Waals surface area contributed by atoms with Crippen molar-refractivity contribution in [2.24, 2.45) is 0 Å². The number of halogens is 1. The van der Waals surface area contributed by atoms with E-state index in [0.29, 0.717) is 11.1 Å². The Morgan fingerprint density at radius 1 is 1.26 bits per heavy atom. The number of nitrogens with one attached hydrogen (secondary N) is 1. The second kappa shape index (κ2) is 6.08. The Hall–Kier alpha value is -2.89. The number of rotatable bonds is 2. The fourth-order valence-corrected chi connectivity index (χ4v) is 2.98. The van der Waals surface area contributed by atoms with Crippen molar-refractivity contribution in [3.05, 3.63) is 63.4 Å². The molecule has 0 spiro atoms. The quantitative estimate of drug-likeness (QED) is 0.920. The van der Waals surface area contributed by atoms with Crippen LogP contribution >= 0.6 is 11.6 Å². The minimum Gasteiger partial charge on any atom is -0.344 e. The topological polar surface area (TPSA) is 89.6 Å². The number of benzene rings is 1. The van der Waals surface area contributed by atoms with E-state index in [1.54, 1.807) is 6.07 Å². The summed E-state index contributed by atoms with van der Waals surface area (Å²) in [6.07, 6.45) is 2.90. The van der Waals surface area contributed by atoms with Crippen LogP contribution in [-0.2, 0) is 6.42 Å². The van der Waals surface area contributed by atoms with Gasteiger partial charge in [-0.25, -0.2) is 4.98 Å². The van der Waals surface area contributed by atoms with Gasteiger partial charge < -0.3 is 5.32 Å². The van der Waals surface area contributed by atoms with E-state index in [0.717, 1.165) is 24.0 Å². The first-order chi connectivity index (χ1) is 11.1. The molecule has 6 heteroatoms. The minimum atomic E-state index is -0.373. The van der Waals surface area contributed by atoms with Crippen LogP contribution in [0.15, 0.2) is 30.5 Å². The summed E-state index contributed by atoms with van der Waals surface area (Å²) in [6.45, 7) is 0. The predicted molar refractivity (Wildman–Crippen MR) is 83.6 cm³/mol. The molecule has 0 radical (unpaired) electrons. The SMILES string of the molecule is N#Cc1cnc(C(=O)N[C@@H]2CCc3cc(C#N)ccc32)c(Cl)c1. The summed E-state index contributed by atoms with van der Waals surface area (Å²) in [5, 5.41) is 20.8.